The lowest BCUT2D eigenvalue weighted by Crippen LogP contribution is -2.44. The van der Waals surface area contributed by atoms with Crippen LogP contribution in [0.5, 0.6) is 0 Å². The highest BCUT2D eigenvalue weighted by Crippen LogP contribution is 1.94. The summed E-state index contributed by atoms with van der Waals surface area (Å²) < 4.78 is 6.89. The molecule has 0 spiro atoms. The van der Waals surface area contributed by atoms with E-state index in [1.54, 1.807) is 13.8 Å². The van der Waals surface area contributed by atoms with Gasteiger partial charge in [-0.05, 0) is 13.8 Å². The second-order valence-electron chi connectivity index (χ2n) is 4.02. The highest BCUT2D eigenvalue weighted by Gasteiger charge is 2.12. The molecule has 0 saturated heterocycles. The molecule has 1 rings (SSSR count). The molecule has 1 N–H and O–H groups in total. The van der Waals surface area contributed by atoms with Gasteiger partial charge in [0, 0.05) is 7.11 Å². The first-order valence-corrected chi connectivity index (χ1v) is 5.33. The first-order chi connectivity index (χ1) is 7.97. The number of ether oxygens (including phenoxy) is 1. The topological polar surface area (TPSA) is 86.3 Å². The molecule has 0 aliphatic rings. The summed E-state index contributed by atoms with van der Waals surface area (Å²) in [4.78, 5) is 23.4. The van der Waals surface area contributed by atoms with Crippen LogP contribution in [0.15, 0.2) is 15.8 Å². The Balaban J connectivity index is 3.10. The van der Waals surface area contributed by atoms with Gasteiger partial charge in [-0.2, -0.15) is 5.10 Å². The summed E-state index contributed by atoms with van der Waals surface area (Å²) >= 11 is 0. The van der Waals surface area contributed by atoms with E-state index in [9.17, 15) is 14.7 Å². The third-order valence-corrected chi connectivity index (χ3v) is 2.23. The van der Waals surface area contributed by atoms with E-state index in [1.165, 1.54) is 11.8 Å². The third kappa shape index (κ3) is 3.24. The summed E-state index contributed by atoms with van der Waals surface area (Å²) in [6.07, 6.45) is 0.175. The van der Waals surface area contributed by atoms with Crippen LogP contribution in [0.25, 0.3) is 0 Å². The molecule has 0 saturated carbocycles. The van der Waals surface area contributed by atoms with Gasteiger partial charge in [-0.25, -0.2) is 9.48 Å². The van der Waals surface area contributed by atoms with Crippen molar-refractivity contribution in [1.82, 2.24) is 14.3 Å². The number of methoxy groups -OCH3 is 1. The molecule has 0 aliphatic heterocycles. The van der Waals surface area contributed by atoms with Crippen molar-refractivity contribution in [1.29, 1.82) is 0 Å². The number of aliphatic hydroxyl groups is 1. The average Bonchev–Trinajstić information content (AvgIpc) is 2.24. The molecule has 0 radical (unpaired) electrons. The Morgan fingerprint density at radius 1 is 1.47 bits per heavy atom. The van der Waals surface area contributed by atoms with Crippen LogP contribution in [0.2, 0.25) is 0 Å². The largest absolute Gasteiger partial charge is 0.389 e. The van der Waals surface area contributed by atoms with Crippen molar-refractivity contribution in [3.05, 3.63) is 27.0 Å². The zero-order valence-electron chi connectivity index (χ0n) is 10.2. The molecule has 17 heavy (non-hydrogen) atoms. The van der Waals surface area contributed by atoms with Crippen LogP contribution < -0.4 is 11.2 Å². The van der Waals surface area contributed by atoms with Gasteiger partial charge in [0.05, 0.1) is 25.3 Å². The van der Waals surface area contributed by atoms with E-state index in [2.05, 4.69) is 5.10 Å². The number of rotatable bonds is 5. The standard InChI is InChI=1S/C10H17N3O4/c1-7(2)13-10(16)12(9(15)4-11-13)5-8(14)6-17-3/h4,7-8,14H,5-6H2,1-3H3. The summed E-state index contributed by atoms with van der Waals surface area (Å²) in [5.74, 6) is 0. The van der Waals surface area contributed by atoms with Gasteiger partial charge < -0.3 is 9.84 Å². The van der Waals surface area contributed by atoms with Crippen molar-refractivity contribution in [2.45, 2.75) is 32.5 Å². The molecule has 0 aliphatic carbocycles. The Morgan fingerprint density at radius 2 is 2.12 bits per heavy atom. The van der Waals surface area contributed by atoms with Crippen LogP contribution in [0.3, 0.4) is 0 Å². The second kappa shape index (κ2) is 5.74. The number of nitrogens with zero attached hydrogens (tertiary/aromatic N) is 3. The zero-order chi connectivity index (χ0) is 13.0. The minimum atomic E-state index is -0.895. The fourth-order valence-corrected chi connectivity index (χ4v) is 1.43. The molecular formula is C10H17N3O4. The smallest absolute Gasteiger partial charge is 0.347 e. The van der Waals surface area contributed by atoms with E-state index in [0.29, 0.717) is 0 Å². The molecule has 1 atom stereocenters. The second-order valence-corrected chi connectivity index (χ2v) is 4.02. The molecule has 1 unspecified atom stereocenters. The molecular weight excluding hydrogens is 226 g/mol. The number of aliphatic hydroxyl groups excluding tert-OH is 1. The highest BCUT2D eigenvalue weighted by atomic mass is 16.5. The Labute approximate surface area is 98.3 Å². The minimum absolute atomic E-state index is 0.0654. The van der Waals surface area contributed by atoms with Gasteiger partial charge in [-0.15, -0.1) is 0 Å². The van der Waals surface area contributed by atoms with Crippen LogP contribution in [0, 0.1) is 0 Å². The maximum atomic E-state index is 11.9. The Hall–Kier alpha value is -1.47. The zero-order valence-corrected chi connectivity index (χ0v) is 10.2. The maximum Gasteiger partial charge on any atom is 0.347 e. The van der Waals surface area contributed by atoms with Crippen molar-refractivity contribution < 1.29 is 9.84 Å². The normalized spacial score (nSPS) is 13.0. The van der Waals surface area contributed by atoms with Crippen molar-refractivity contribution in [3.8, 4) is 0 Å². The quantitative estimate of drug-likeness (QED) is 0.716. The van der Waals surface area contributed by atoms with E-state index in [0.717, 1.165) is 10.8 Å². The van der Waals surface area contributed by atoms with Crippen molar-refractivity contribution in [2.75, 3.05) is 13.7 Å². The molecule has 7 heteroatoms. The first-order valence-electron chi connectivity index (χ1n) is 5.33. The molecule has 96 valence electrons. The van der Waals surface area contributed by atoms with E-state index in [-0.39, 0.29) is 19.2 Å². The summed E-state index contributed by atoms with van der Waals surface area (Å²) in [6.45, 7) is 3.54. The van der Waals surface area contributed by atoms with Crippen molar-refractivity contribution in [2.24, 2.45) is 0 Å². The van der Waals surface area contributed by atoms with Gasteiger partial charge in [0.15, 0.2) is 0 Å². The number of hydrogen-bond acceptors (Lipinski definition) is 5. The van der Waals surface area contributed by atoms with E-state index in [1.807, 2.05) is 0 Å². The van der Waals surface area contributed by atoms with E-state index in [4.69, 9.17) is 4.74 Å². The Bertz CT molecular complexity index is 477. The number of aromatic nitrogens is 3. The lowest BCUT2D eigenvalue weighted by atomic mass is 10.3. The highest BCUT2D eigenvalue weighted by molar-refractivity contribution is 4.78. The van der Waals surface area contributed by atoms with Crippen molar-refractivity contribution in [3.63, 3.8) is 0 Å². The molecule has 0 aromatic carbocycles. The Morgan fingerprint density at radius 3 is 2.65 bits per heavy atom. The fourth-order valence-electron chi connectivity index (χ4n) is 1.43. The van der Waals surface area contributed by atoms with E-state index < -0.39 is 17.4 Å². The first kappa shape index (κ1) is 13.6. The van der Waals surface area contributed by atoms with Crippen LogP contribution >= 0.6 is 0 Å². The molecule has 1 aromatic rings. The van der Waals surface area contributed by atoms with Gasteiger partial charge in [-0.3, -0.25) is 9.36 Å². The van der Waals surface area contributed by atoms with Gasteiger partial charge in [0.1, 0.15) is 6.20 Å². The fraction of sp³-hybridized carbons (Fsp3) is 0.700. The van der Waals surface area contributed by atoms with Crippen LogP contribution in [0.1, 0.15) is 19.9 Å². The molecule has 1 aromatic heterocycles. The van der Waals surface area contributed by atoms with Gasteiger partial charge in [0.2, 0.25) is 0 Å². The lowest BCUT2D eigenvalue weighted by Gasteiger charge is -2.13. The number of hydrogen-bond donors (Lipinski definition) is 1. The van der Waals surface area contributed by atoms with Crippen LogP contribution in [-0.2, 0) is 11.3 Å². The molecule has 0 fully saturated rings. The molecule has 7 nitrogen and oxygen atoms in total. The maximum absolute atomic E-state index is 11.9. The Kier molecular flexibility index (Phi) is 4.59. The summed E-state index contributed by atoms with van der Waals surface area (Å²) in [5, 5.41) is 13.3. The monoisotopic (exact) mass is 243 g/mol. The third-order valence-electron chi connectivity index (χ3n) is 2.23. The molecule has 0 amide bonds. The summed E-state index contributed by atoms with van der Waals surface area (Å²) in [6, 6.07) is -0.145. The van der Waals surface area contributed by atoms with Gasteiger partial charge in [0.25, 0.3) is 5.56 Å². The van der Waals surface area contributed by atoms with Gasteiger partial charge >= 0.3 is 5.69 Å². The lowest BCUT2D eigenvalue weighted by molar-refractivity contribution is 0.0516. The van der Waals surface area contributed by atoms with Crippen molar-refractivity contribution >= 4 is 0 Å². The van der Waals surface area contributed by atoms with Crippen LogP contribution in [0.4, 0.5) is 0 Å². The van der Waals surface area contributed by atoms with E-state index >= 15 is 0 Å². The predicted octanol–water partition coefficient (Wildman–Crippen LogP) is -1.01. The SMILES string of the molecule is COCC(O)Cn1c(=O)cnn(C(C)C)c1=O. The summed E-state index contributed by atoms with van der Waals surface area (Å²) in [5.41, 5.74) is -1.05. The minimum Gasteiger partial charge on any atom is -0.389 e. The summed E-state index contributed by atoms with van der Waals surface area (Å²) in [7, 11) is 1.44. The van der Waals surface area contributed by atoms with Crippen LogP contribution in [-0.4, -0.2) is 39.3 Å². The molecule has 1 heterocycles. The predicted molar refractivity (Wildman–Crippen MR) is 61.0 cm³/mol. The molecule has 0 bridgehead atoms. The van der Waals surface area contributed by atoms with Gasteiger partial charge in [-0.1, -0.05) is 0 Å². The average molecular weight is 243 g/mol.